The number of aryl methyl sites for hydroxylation is 1. The molecule has 1 amide bonds. The topological polar surface area (TPSA) is 56.2 Å². The van der Waals surface area contributed by atoms with E-state index >= 15 is 0 Å². The van der Waals surface area contributed by atoms with E-state index in [1.165, 1.54) is 0 Å². The van der Waals surface area contributed by atoms with Gasteiger partial charge in [-0.1, -0.05) is 41.9 Å². The van der Waals surface area contributed by atoms with E-state index in [4.69, 9.17) is 16.3 Å². The second-order valence-corrected chi connectivity index (χ2v) is 8.22. The summed E-state index contributed by atoms with van der Waals surface area (Å²) in [7, 11) is 0. The van der Waals surface area contributed by atoms with Gasteiger partial charge in [-0.2, -0.15) is 5.10 Å². The summed E-state index contributed by atoms with van der Waals surface area (Å²) in [5.41, 5.74) is 4.40. The molecule has 0 unspecified atom stereocenters. The molecule has 156 valence electrons. The quantitative estimate of drug-likeness (QED) is 0.657. The molecule has 5 nitrogen and oxygen atoms in total. The van der Waals surface area contributed by atoms with Gasteiger partial charge in [0.1, 0.15) is 0 Å². The minimum Gasteiger partial charge on any atom is -0.381 e. The number of halogens is 1. The molecular formula is C24H26ClN3O2. The van der Waals surface area contributed by atoms with Gasteiger partial charge in [-0.25, -0.2) is 4.68 Å². The number of ether oxygens (including phenoxy) is 1. The molecule has 0 saturated carbocycles. The Balaban J connectivity index is 1.57. The molecular weight excluding hydrogens is 398 g/mol. The van der Waals surface area contributed by atoms with Crippen LogP contribution in [0.15, 0.2) is 54.6 Å². The Morgan fingerprint density at radius 1 is 1.10 bits per heavy atom. The van der Waals surface area contributed by atoms with E-state index in [0.717, 1.165) is 28.2 Å². The number of para-hydroxylation sites is 1. The van der Waals surface area contributed by atoms with E-state index in [-0.39, 0.29) is 5.91 Å². The highest BCUT2D eigenvalue weighted by molar-refractivity contribution is 6.30. The highest BCUT2D eigenvalue weighted by atomic mass is 35.5. The maximum Gasteiger partial charge on any atom is 0.231 e. The average Bonchev–Trinajstić information content (AvgIpc) is 3.07. The first-order chi connectivity index (χ1) is 14.5. The van der Waals surface area contributed by atoms with E-state index in [9.17, 15) is 4.79 Å². The Morgan fingerprint density at radius 3 is 2.43 bits per heavy atom. The fourth-order valence-corrected chi connectivity index (χ4v) is 4.35. The maximum atomic E-state index is 13.5. The molecule has 0 radical (unpaired) electrons. The van der Waals surface area contributed by atoms with Crippen LogP contribution in [-0.4, -0.2) is 28.9 Å². The third-order valence-corrected chi connectivity index (χ3v) is 6.30. The summed E-state index contributed by atoms with van der Waals surface area (Å²) in [6, 6.07) is 17.6. The SMILES string of the molecule is Cc1nn(-c2ccccc2)c(C)c1CNC(=O)C1(c2ccc(Cl)cc2)CCOCC1. The number of nitrogens with one attached hydrogen (secondary N) is 1. The third kappa shape index (κ3) is 3.87. The van der Waals surface area contributed by atoms with Gasteiger partial charge in [0, 0.05) is 36.0 Å². The van der Waals surface area contributed by atoms with Crippen LogP contribution in [0.25, 0.3) is 5.69 Å². The summed E-state index contributed by atoms with van der Waals surface area (Å²) in [6.45, 7) is 5.61. The van der Waals surface area contributed by atoms with Crippen molar-refractivity contribution in [2.24, 2.45) is 0 Å². The first-order valence-electron chi connectivity index (χ1n) is 10.2. The number of rotatable bonds is 5. The first-order valence-corrected chi connectivity index (χ1v) is 10.6. The van der Waals surface area contributed by atoms with Crippen molar-refractivity contribution in [3.63, 3.8) is 0 Å². The number of nitrogens with zero attached hydrogens (tertiary/aromatic N) is 2. The van der Waals surface area contributed by atoms with E-state index < -0.39 is 5.41 Å². The molecule has 1 N–H and O–H groups in total. The van der Waals surface area contributed by atoms with Crippen molar-refractivity contribution < 1.29 is 9.53 Å². The zero-order chi connectivity index (χ0) is 21.1. The van der Waals surface area contributed by atoms with Crippen LogP contribution in [0.2, 0.25) is 5.02 Å². The monoisotopic (exact) mass is 423 g/mol. The summed E-state index contributed by atoms with van der Waals surface area (Å²) in [4.78, 5) is 13.5. The Kier molecular flexibility index (Phi) is 5.93. The van der Waals surface area contributed by atoms with Crippen LogP contribution in [0.5, 0.6) is 0 Å². The molecule has 1 aliphatic heterocycles. The van der Waals surface area contributed by atoms with E-state index in [0.29, 0.717) is 37.6 Å². The van der Waals surface area contributed by atoms with Gasteiger partial charge in [0.2, 0.25) is 5.91 Å². The maximum absolute atomic E-state index is 13.5. The van der Waals surface area contributed by atoms with Gasteiger partial charge < -0.3 is 10.1 Å². The van der Waals surface area contributed by atoms with Crippen molar-refractivity contribution in [2.45, 2.75) is 38.6 Å². The van der Waals surface area contributed by atoms with Crippen LogP contribution in [-0.2, 0) is 21.5 Å². The molecule has 3 aromatic rings. The standard InChI is InChI=1S/C24H26ClN3O2/c1-17-22(18(2)28(27-17)21-6-4-3-5-7-21)16-26-23(29)24(12-14-30-15-13-24)19-8-10-20(25)11-9-19/h3-11H,12-16H2,1-2H3,(H,26,29). The Morgan fingerprint density at radius 2 is 1.77 bits per heavy atom. The van der Waals surface area contributed by atoms with E-state index in [1.54, 1.807) is 0 Å². The summed E-state index contributed by atoms with van der Waals surface area (Å²) in [5.74, 6) is 0.0272. The number of amides is 1. The largest absolute Gasteiger partial charge is 0.381 e. The van der Waals surface area contributed by atoms with Gasteiger partial charge in [0.05, 0.1) is 16.8 Å². The molecule has 0 atom stereocenters. The zero-order valence-electron chi connectivity index (χ0n) is 17.3. The van der Waals surface area contributed by atoms with Crippen LogP contribution < -0.4 is 5.32 Å². The third-order valence-electron chi connectivity index (χ3n) is 6.05. The number of carbonyl (C=O) groups excluding carboxylic acids is 1. The summed E-state index contributed by atoms with van der Waals surface area (Å²) >= 11 is 6.07. The highest BCUT2D eigenvalue weighted by Crippen LogP contribution is 2.36. The normalized spacial score (nSPS) is 15.7. The second-order valence-electron chi connectivity index (χ2n) is 7.78. The van der Waals surface area contributed by atoms with Gasteiger partial charge >= 0.3 is 0 Å². The molecule has 4 rings (SSSR count). The van der Waals surface area contributed by atoms with Crippen LogP contribution in [0.3, 0.4) is 0 Å². The zero-order valence-corrected chi connectivity index (χ0v) is 18.1. The smallest absolute Gasteiger partial charge is 0.231 e. The molecule has 2 heterocycles. The van der Waals surface area contributed by atoms with Gasteiger partial charge in [-0.15, -0.1) is 0 Å². The molecule has 0 spiro atoms. The molecule has 1 aliphatic rings. The molecule has 2 aromatic carbocycles. The van der Waals surface area contributed by atoms with Gasteiger partial charge in [0.25, 0.3) is 0 Å². The van der Waals surface area contributed by atoms with Gasteiger partial charge in [-0.3, -0.25) is 4.79 Å². The molecule has 1 fully saturated rings. The molecule has 0 bridgehead atoms. The predicted octanol–water partition coefficient (Wildman–Crippen LogP) is 4.51. The predicted molar refractivity (Wildman–Crippen MR) is 118 cm³/mol. The first kappa shape index (κ1) is 20.6. The minimum atomic E-state index is -0.597. The highest BCUT2D eigenvalue weighted by Gasteiger charge is 2.41. The van der Waals surface area contributed by atoms with Crippen molar-refractivity contribution in [3.05, 3.63) is 82.1 Å². The fraction of sp³-hybridized carbons (Fsp3) is 0.333. The Labute approximate surface area is 182 Å². The lowest BCUT2D eigenvalue weighted by molar-refractivity contribution is -0.130. The van der Waals surface area contributed by atoms with Crippen molar-refractivity contribution in [1.82, 2.24) is 15.1 Å². The molecule has 1 saturated heterocycles. The molecule has 6 heteroatoms. The molecule has 1 aromatic heterocycles. The lowest BCUT2D eigenvalue weighted by Crippen LogP contribution is -2.47. The number of hydrogen-bond donors (Lipinski definition) is 1. The van der Waals surface area contributed by atoms with Crippen LogP contribution in [0.4, 0.5) is 0 Å². The number of aromatic nitrogens is 2. The van der Waals surface area contributed by atoms with Crippen molar-refractivity contribution in [2.75, 3.05) is 13.2 Å². The Hall–Kier alpha value is -2.63. The summed E-state index contributed by atoms with van der Waals surface area (Å²) < 4.78 is 7.48. The van der Waals surface area contributed by atoms with E-state index in [2.05, 4.69) is 10.4 Å². The van der Waals surface area contributed by atoms with Crippen molar-refractivity contribution in [1.29, 1.82) is 0 Å². The minimum absolute atomic E-state index is 0.0272. The van der Waals surface area contributed by atoms with Crippen molar-refractivity contribution >= 4 is 17.5 Å². The molecule has 0 aliphatic carbocycles. The molecule has 30 heavy (non-hydrogen) atoms. The number of benzene rings is 2. The van der Waals surface area contributed by atoms with Gasteiger partial charge in [0.15, 0.2) is 0 Å². The Bertz CT molecular complexity index is 1020. The van der Waals surface area contributed by atoms with Crippen LogP contribution >= 0.6 is 11.6 Å². The van der Waals surface area contributed by atoms with Gasteiger partial charge in [-0.05, 0) is 56.5 Å². The summed E-state index contributed by atoms with van der Waals surface area (Å²) in [6.07, 6.45) is 1.31. The number of hydrogen-bond acceptors (Lipinski definition) is 3. The second kappa shape index (κ2) is 8.62. The number of carbonyl (C=O) groups is 1. The van der Waals surface area contributed by atoms with Crippen LogP contribution in [0, 0.1) is 13.8 Å². The lowest BCUT2D eigenvalue weighted by atomic mass is 9.73. The summed E-state index contributed by atoms with van der Waals surface area (Å²) in [5, 5.41) is 8.54. The van der Waals surface area contributed by atoms with Crippen LogP contribution in [0.1, 0.15) is 35.4 Å². The van der Waals surface area contributed by atoms with Crippen molar-refractivity contribution in [3.8, 4) is 5.69 Å². The average molecular weight is 424 g/mol. The fourth-order valence-electron chi connectivity index (χ4n) is 4.22. The van der Waals surface area contributed by atoms with E-state index in [1.807, 2.05) is 73.1 Å². The lowest BCUT2D eigenvalue weighted by Gasteiger charge is -2.36.